The van der Waals surface area contributed by atoms with Gasteiger partial charge in [0.25, 0.3) is 0 Å². The lowest BCUT2D eigenvalue weighted by Crippen LogP contribution is -2.38. The van der Waals surface area contributed by atoms with E-state index in [9.17, 15) is 14.4 Å². The van der Waals surface area contributed by atoms with E-state index in [4.69, 9.17) is 9.47 Å². The molecule has 0 aromatic heterocycles. The Balaban J connectivity index is 2.96. The summed E-state index contributed by atoms with van der Waals surface area (Å²) in [5.41, 5.74) is 0.743. The van der Waals surface area contributed by atoms with Gasteiger partial charge in [0.1, 0.15) is 0 Å². The van der Waals surface area contributed by atoms with Gasteiger partial charge in [0.2, 0.25) is 5.91 Å². The van der Waals surface area contributed by atoms with Gasteiger partial charge in [-0.05, 0) is 32.4 Å². The molecule has 1 aromatic carbocycles. The molecule has 0 aliphatic heterocycles. The van der Waals surface area contributed by atoms with Gasteiger partial charge in [-0.1, -0.05) is 31.5 Å². The van der Waals surface area contributed by atoms with Gasteiger partial charge < -0.3 is 14.4 Å². The van der Waals surface area contributed by atoms with Gasteiger partial charge in [-0.25, -0.2) is 0 Å². The van der Waals surface area contributed by atoms with Crippen LogP contribution < -0.4 is 4.90 Å². The summed E-state index contributed by atoms with van der Waals surface area (Å²) >= 11 is 0. The van der Waals surface area contributed by atoms with Crippen molar-refractivity contribution in [3.05, 3.63) is 30.3 Å². The number of hydrogen-bond donors (Lipinski definition) is 0. The Morgan fingerprint density at radius 2 is 1.52 bits per heavy atom. The van der Waals surface area contributed by atoms with Crippen molar-refractivity contribution in [2.24, 2.45) is 5.92 Å². The van der Waals surface area contributed by atoms with E-state index in [1.54, 1.807) is 18.7 Å². The van der Waals surface area contributed by atoms with E-state index < -0.39 is 17.9 Å². The zero-order valence-electron chi connectivity index (χ0n) is 15.2. The summed E-state index contributed by atoms with van der Waals surface area (Å²) in [6.45, 7) is 6.15. The molecule has 1 amide bonds. The zero-order chi connectivity index (χ0) is 18.7. The van der Waals surface area contributed by atoms with Crippen molar-refractivity contribution in [2.45, 2.75) is 40.0 Å². The number of esters is 2. The van der Waals surface area contributed by atoms with Crippen LogP contribution in [0.2, 0.25) is 0 Å². The second-order valence-corrected chi connectivity index (χ2v) is 5.50. The first kappa shape index (κ1) is 20.7. The van der Waals surface area contributed by atoms with Crippen LogP contribution in [0.3, 0.4) is 0 Å². The number of unbranched alkanes of at least 4 members (excludes halogenated alkanes) is 1. The van der Waals surface area contributed by atoms with Crippen LogP contribution in [0.1, 0.15) is 40.0 Å². The van der Waals surface area contributed by atoms with E-state index in [2.05, 4.69) is 0 Å². The maximum Gasteiger partial charge on any atom is 0.320 e. The van der Waals surface area contributed by atoms with Crippen molar-refractivity contribution in [3.63, 3.8) is 0 Å². The third kappa shape index (κ3) is 6.57. The lowest BCUT2D eigenvalue weighted by molar-refractivity contribution is -0.163. The van der Waals surface area contributed by atoms with Gasteiger partial charge in [0, 0.05) is 12.2 Å². The number of para-hydroxylation sites is 1. The number of carbonyl (C=O) groups excluding carboxylic acids is 3. The number of nitrogens with zero attached hydrogens (tertiary/aromatic N) is 1. The molecule has 0 saturated carbocycles. The number of benzene rings is 1. The maximum atomic E-state index is 12.8. The topological polar surface area (TPSA) is 72.9 Å². The number of hydrogen-bond acceptors (Lipinski definition) is 5. The Labute approximate surface area is 149 Å². The van der Waals surface area contributed by atoms with E-state index in [1.165, 1.54) is 0 Å². The molecular weight excluding hydrogens is 322 g/mol. The molecule has 0 unspecified atom stereocenters. The van der Waals surface area contributed by atoms with Crippen LogP contribution in [0.15, 0.2) is 30.3 Å². The first-order chi connectivity index (χ1) is 12.0. The number of carbonyl (C=O) groups is 3. The normalized spacial score (nSPS) is 10.4. The van der Waals surface area contributed by atoms with Crippen LogP contribution in [0.25, 0.3) is 0 Å². The summed E-state index contributed by atoms with van der Waals surface area (Å²) < 4.78 is 9.86. The fraction of sp³-hybridized carbons (Fsp3) is 0.526. The molecule has 0 atom stereocenters. The van der Waals surface area contributed by atoms with Crippen LogP contribution in [0.4, 0.5) is 5.69 Å². The first-order valence-electron chi connectivity index (χ1n) is 8.73. The third-order valence-corrected chi connectivity index (χ3v) is 3.63. The Bertz CT molecular complexity index is 540. The molecule has 0 aliphatic carbocycles. The second-order valence-electron chi connectivity index (χ2n) is 5.50. The largest absolute Gasteiger partial charge is 0.465 e. The maximum absolute atomic E-state index is 12.8. The van der Waals surface area contributed by atoms with Gasteiger partial charge in [-0.15, -0.1) is 0 Å². The summed E-state index contributed by atoms with van der Waals surface area (Å²) in [5, 5.41) is 0. The van der Waals surface area contributed by atoms with Crippen molar-refractivity contribution in [2.75, 3.05) is 24.7 Å². The molecule has 6 nitrogen and oxygen atoms in total. The number of anilines is 1. The lowest BCUT2D eigenvalue weighted by Gasteiger charge is -2.24. The molecule has 0 saturated heterocycles. The minimum absolute atomic E-state index is 0.140. The van der Waals surface area contributed by atoms with Crippen molar-refractivity contribution < 1.29 is 23.9 Å². The summed E-state index contributed by atoms with van der Waals surface area (Å²) in [5.74, 6) is -2.98. The molecular formula is C19H27NO5. The minimum Gasteiger partial charge on any atom is -0.465 e. The molecule has 0 N–H and O–H groups in total. The number of ether oxygens (including phenoxy) is 2. The highest BCUT2D eigenvalue weighted by molar-refractivity contribution is 6.02. The van der Waals surface area contributed by atoms with Crippen molar-refractivity contribution >= 4 is 23.5 Å². The predicted octanol–water partition coefficient (Wildman–Crippen LogP) is 2.95. The molecule has 138 valence electrons. The molecule has 0 heterocycles. The van der Waals surface area contributed by atoms with Crippen LogP contribution >= 0.6 is 0 Å². The van der Waals surface area contributed by atoms with Crippen LogP contribution in [-0.4, -0.2) is 37.6 Å². The fourth-order valence-electron chi connectivity index (χ4n) is 2.36. The van der Waals surface area contributed by atoms with Crippen LogP contribution in [0.5, 0.6) is 0 Å². The highest BCUT2D eigenvalue weighted by Gasteiger charge is 2.33. The van der Waals surface area contributed by atoms with Gasteiger partial charge in [-0.2, -0.15) is 0 Å². The molecule has 0 bridgehead atoms. The quantitative estimate of drug-likeness (QED) is 0.480. The van der Waals surface area contributed by atoms with Crippen molar-refractivity contribution in [1.29, 1.82) is 0 Å². The molecule has 0 fully saturated rings. The molecule has 1 aromatic rings. The lowest BCUT2D eigenvalue weighted by atomic mass is 10.0. The second kappa shape index (κ2) is 11.2. The SMILES string of the molecule is CCCCN(C(=O)CC(C(=O)OCC)C(=O)OCC)c1ccccc1. The number of amides is 1. The summed E-state index contributed by atoms with van der Waals surface area (Å²) in [4.78, 5) is 38.5. The van der Waals surface area contributed by atoms with Gasteiger partial charge in [0.05, 0.1) is 19.6 Å². The smallest absolute Gasteiger partial charge is 0.320 e. The molecule has 0 radical (unpaired) electrons. The summed E-state index contributed by atoms with van der Waals surface area (Å²) in [6, 6.07) is 9.21. The van der Waals surface area contributed by atoms with Gasteiger partial charge in [0.15, 0.2) is 5.92 Å². The summed E-state index contributed by atoms with van der Waals surface area (Å²) in [7, 11) is 0. The standard InChI is InChI=1S/C19H27NO5/c1-4-7-13-20(15-11-9-8-10-12-15)17(21)14-16(18(22)24-5-2)19(23)25-6-3/h8-12,16H,4-7,13-14H2,1-3H3. The monoisotopic (exact) mass is 349 g/mol. The fourth-order valence-corrected chi connectivity index (χ4v) is 2.36. The van der Waals surface area contributed by atoms with E-state index in [-0.39, 0.29) is 25.5 Å². The first-order valence-corrected chi connectivity index (χ1v) is 8.73. The molecule has 0 aliphatic rings. The molecule has 25 heavy (non-hydrogen) atoms. The Hall–Kier alpha value is -2.37. The van der Waals surface area contributed by atoms with E-state index >= 15 is 0 Å². The van der Waals surface area contributed by atoms with Gasteiger partial charge >= 0.3 is 11.9 Å². The zero-order valence-corrected chi connectivity index (χ0v) is 15.2. The Morgan fingerprint density at radius 3 is 2.00 bits per heavy atom. The highest BCUT2D eigenvalue weighted by Crippen LogP contribution is 2.19. The molecule has 1 rings (SSSR count). The average Bonchev–Trinajstić information content (AvgIpc) is 2.61. The highest BCUT2D eigenvalue weighted by atomic mass is 16.6. The van der Waals surface area contributed by atoms with Crippen LogP contribution in [-0.2, 0) is 23.9 Å². The number of rotatable bonds is 10. The van der Waals surface area contributed by atoms with E-state index in [0.29, 0.717) is 6.54 Å². The predicted molar refractivity (Wildman–Crippen MR) is 95.1 cm³/mol. The Kier molecular flexibility index (Phi) is 9.29. The van der Waals surface area contributed by atoms with Gasteiger partial charge in [-0.3, -0.25) is 14.4 Å². The molecule has 6 heteroatoms. The van der Waals surface area contributed by atoms with Crippen molar-refractivity contribution in [1.82, 2.24) is 0 Å². The third-order valence-electron chi connectivity index (χ3n) is 3.63. The van der Waals surface area contributed by atoms with Crippen molar-refractivity contribution in [3.8, 4) is 0 Å². The molecule has 0 spiro atoms. The minimum atomic E-state index is -1.24. The summed E-state index contributed by atoms with van der Waals surface area (Å²) in [6.07, 6.45) is 1.48. The Morgan fingerprint density at radius 1 is 0.960 bits per heavy atom. The van der Waals surface area contributed by atoms with E-state index in [1.807, 2.05) is 37.3 Å². The van der Waals surface area contributed by atoms with E-state index in [0.717, 1.165) is 18.5 Å². The average molecular weight is 349 g/mol. The van der Waals surface area contributed by atoms with Crippen LogP contribution in [0, 0.1) is 5.92 Å².